The molecule has 27 heavy (non-hydrogen) atoms. The molecule has 136 valence electrons. The van der Waals surface area contributed by atoms with Gasteiger partial charge in [-0.05, 0) is 42.8 Å². The van der Waals surface area contributed by atoms with Crippen molar-refractivity contribution in [3.05, 3.63) is 71.0 Å². The van der Waals surface area contributed by atoms with Crippen molar-refractivity contribution >= 4 is 35.3 Å². The normalized spacial score (nSPS) is 10.9. The molecule has 0 atom stereocenters. The molecule has 2 amide bonds. The number of imide groups is 1. The number of pyridine rings is 1. The molecule has 1 N–H and O–H groups in total. The van der Waals surface area contributed by atoms with Gasteiger partial charge in [0.25, 0.3) is 5.91 Å². The molecule has 7 heteroatoms. The summed E-state index contributed by atoms with van der Waals surface area (Å²) in [5.74, 6) is -0.528. The van der Waals surface area contributed by atoms with Gasteiger partial charge in [-0.15, -0.1) is 0 Å². The molecule has 0 saturated heterocycles. The van der Waals surface area contributed by atoms with Crippen molar-refractivity contribution in [1.82, 2.24) is 15.2 Å². The van der Waals surface area contributed by atoms with Crippen LogP contribution in [0.2, 0.25) is 5.02 Å². The van der Waals surface area contributed by atoms with Crippen molar-refractivity contribution in [2.24, 2.45) is 0 Å². The van der Waals surface area contributed by atoms with Crippen LogP contribution in [0.15, 0.2) is 54.9 Å². The highest BCUT2D eigenvalue weighted by Crippen LogP contribution is 2.28. The smallest absolute Gasteiger partial charge is 0.258 e. The molecule has 6 nitrogen and oxygen atoms in total. The second-order valence-corrected chi connectivity index (χ2v) is 6.30. The fraction of sp³-hybridized carbons (Fsp3) is 0.100. The van der Waals surface area contributed by atoms with Gasteiger partial charge in [-0.25, -0.2) is 4.90 Å². The van der Waals surface area contributed by atoms with Gasteiger partial charge >= 0.3 is 0 Å². The van der Waals surface area contributed by atoms with Crippen LogP contribution in [0, 0.1) is 6.92 Å². The molecule has 0 radical (unpaired) electrons. The highest BCUT2D eigenvalue weighted by molar-refractivity contribution is 6.30. The maximum Gasteiger partial charge on any atom is 0.258 e. The molecule has 3 rings (SSSR count). The van der Waals surface area contributed by atoms with Crippen molar-refractivity contribution in [2.45, 2.75) is 13.8 Å². The fourth-order valence-corrected chi connectivity index (χ4v) is 2.76. The largest absolute Gasteiger partial charge is 0.274 e. The number of anilines is 1. The Bertz CT molecular complexity index is 995. The quantitative estimate of drug-likeness (QED) is 0.693. The van der Waals surface area contributed by atoms with Crippen LogP contribution in [0.1, 0.15) is 18.1 Å². The minimum Gasteiger partial charge on any atom is -0.274 e. The number of carbonyl (C=O) groups is 2. The number of rotatable bonds is 4. The summed E-state index contributed by atoms with van der Waals surface area (Å²) in [7, 11) is 0. The van der Waals surface area contributed by atoms with Gasteiger partial charge in [-0.1, -0.05) is 23.7 Å². The zero-order valence-corrected chi connectivity index (χ0v) is 15.6. The third-order valence-electron chi connectivity index (χ3n) is 3.99. The first-order valence-electron chi connectivity index (χ1n) is 8.21. The van der Waals surface area contributed by atoms with Crippen molar-refractivity contribution < 1.29 is 9.59 Å². The summed E-state index contributed by atoms with van der Waals surface area (Å²) in [5, 5.41) is 7.68. The van der Waals surface area contributed by atoms with Gasteiger partial charge in [0.1, 0.15) is 5.82 Å². The molecule has 0 bridgehead atoms. The van der Waals surface area contributed by atoms with E-state index in [1.807, 2.05) is 12.1 Å². The Morgan fingerprint density at radius 1 is 1.11 bits per heavy atom. The Kier molecular flexibility index (Phi) is 5.47. The molecular formula is C20H17ClN4O2. The first kappa shape index (κ1) is 18.5. The van der Waals surface area contributed by atoms with Crippen LogP contribution in [-0.4, -0.2) is 27.0 Å². The molecule has 0 aliphatic rings. The molecule has 0 aliphatic carbocycles. The van der Waals surface area contributed by atoms with Crippen LogP contribution in [-0.2, 0) is 9.59 Å². The van der Waals surface area contributed by atoms with E-state index < -0.39 is 11.8 Å². The van der Waals surface area contributed by atoms with E-state index in [9.17, 15) is 9.59 Å². The van der Waals surface area contributed by atoms with E-state index in [2.05, 4.69) is 15.2 Å². The van der Waals surface area contributed by atoms with E-state index in [1.165, 1.54) is 13.0 Å². The first-order valence-corrected chi connectivity index (χ1v) is 8.59. The predicted octanol–water partition coefficient (Wildman–Crippen LogP) is 4.03. The van der Waals surface area contributed by atoms with Crippen LogP contribution in [0.25, 0.3) is 17.3 Å². The third-order valence-corrected chi connectivity index (χ3v) is 4.24. The van der Waals surface area contributed by atoms with Crippen LogP contribution in [0.4, 0.5) is 5.82 Å². The van der Waals surface area contributed by atoms with Gasteiger partial charge < -0.3 is 0 Å². The molecule has 0 saturated carbocycles. The van der Waals surface area contributed by atoms with Gasteiger partial charge in [-0.3, -0.25) is 19.7 Å². The second kappa shape index (κ2) is 7.97. The lowest BCUT2D eigenvalue weighted by Gasteiger charge is -2.16. The Morgan fingerprint density at radius 2 is 1.78 bits per heavy atom. The summed E-state index contributed by atoms with van der Waals surface area (Å²) < 4.78 is 0. The van der Waals surface area contributed by atoms with Gasteiger partial charge in [0, 0.05) is 41.5 Å². The van der Waals surface area contributed by atoms with Crippen molar-refractivity contribution in [1.29, 1.82) is 0 Å². The number of benzene rings is 1. The fourth-order valence-electron chi connectivity index (χ4n) is 2.64. The predicted molar refractivity (Wildman–Crippen MR) is 105 cm³/mol. The lowest BCUT2D eigenvalue weighted by atomic mass is 10.1. The van der Waals surface area contributed by atoms with E-state index in [0.717, 1.165) is 16.0 Å². The number of hydrogen-bond acceptors (Lipinski definition) is 4. The number of amides is 2. The summed E-state index contributed by atoms with van der Waals surface area (Å²) in [5.41, 5.74) is 3.01. The summed E-state index contributed by atoms with van der Waals surface area (Å²) in [4.78, 5) is 29.8. The van der Waals surface area contributed by atoms with E-state index in [-0.39, 0.29) is 0 Å². The number of nitrogens with one attached hydrogen (secondary N) is 1. The lowest BCUT2D eigenvalue weighted by Crippen LogP contribution is -2.34. The Balaban J connectivity index is 1.90. The Hall–Kier alpha value is -3.25. The van der Waals surface area contributed by atoms with Gasteiger partial charge in [-0.2, -0.15) is 5.10 Å². The van der Waals surface area contributed by atoms with Crippen LogP contribution in [0.3, 0.4) is 0 Å². The number of aromatic nitrogens is 3. The number of halogens is 1. The van der Waals surface area contributed by atoms with Crippen LogP contribution < -0.4 is 4.90 Å². The summed E-state index contributed by atoms with van der Waals surface area (Å²) in [6.07, 6.45) is 6.29. The molecule has 2 heterocycles. The molecule has 3 aromatic rings. The summed E-state index contributed by atoms with van der Waals surface area (Å²) in [6.45, 7) is 3.14. The van der Waals surface area contributed by atoms with Crippen molar-refractivity contribution in [3.8, 4) is 11.3 Å². The molecule has 0 fully saturated rings. The molecule has 0 aliphatic heterocycles. The minimum absolute atomic E-state index is 0.347. The number of hydrogen-bond donors (Lipinski definition) is 1. The standard InChI is InChI=1S/C20H17ClN4O2/c1-13-19(16-9-11-22-12-10-16)23-24-20(13)25(14(2)26)18(27)8-5-15-3-6-17(21)7-4-15/h3-12H,1-2H3,(H,23,24). The number of carbonyl (C=O) groups excluding carboxylic acids is 2. The van der Waals surface area contributed by atoms with Gasteiger partial charge in [0.15, 0.2) is 0 Å². The highest BCUT2D eigenvalue weighted by Gasteiger charge is 2.24. The van der Waals surface area contributed by atoms with Crippen LogP contribution in [0.5, 0.6) is 0 Å². The van der Waals surface area contributed by atoms with Crippen molar-refractivity contribution in [2.75, 3.05) is 4.90 Å². The lowest BCUT2D eigenvalue weighted by molar-refractivity contribution is -0.123. The van der Waals surface area contributed by atoms with Crippen LogP contribution >= 0.6 is 11.6 Å². The summed E-state index contributed by atoms with van der Waals surface area (Å²) >= 11 is 5.86. The summed E-state index contributed by atoms with van der Waals surface area (Å²) in [6, 6.07) is 10.7. The Morgan fingerprint density at radius 3 is 2.41 bits per heavy atom. The third kappa shape index (κ3) is 4.12. The number of nitrogens with zero attached hydrogens (tertiary/aromatic N) is 3. The molecule has 0 unspecified atom stereocenters. The molecule has 0 spiro atoms. The van der Waals surface area contributed by atoms with Crippen molar-refractivity contribution in [3.63, 3.8) is 0 Å². The van der Waals surface area contributed by atoms with Gasteiger partial charge in [0.05, 0.1) is 5.69 Å². The van der Waals surface area contributed by atoms with E-state index >= 15 is 0 Å². The average molecular weight is 381 g/mol. The molecule has 2 aromatic heterocycles. The SMILES string of the molecule is CC(=O)N(C(=O)C=Cc1ccc(Cl)cc1)c1[nH]nc(-c2ccncc2)c1C. The maximum atomic E-state index is 12.7. The highest BCUT2D eigenvalue weighted by atomic mass is 35.5. The zero-order valence-electron chi connectivity index (χ0n) is 14.8. The van der Waals surface area contributed by atoms with Gasteiger partial charge in [0.2, 0.25) is 5.91 Å². The molecule has 1 aromatic carbocycles. The number of aromatic amines is 1. The maximum absolute atomic E-state index is 12.7. The zero-order chi connectivity index (χ0) is 19.4. The number of H-pyrrole nitrogens is 1. The van der Waals surface area contributed by atoms with E-state index in [4.69, 9.17) is 11.6 Å². The average Bonchev–Trinajstić information content (AvgIpc) is 3.03. The van der Waals surface area contributed by atoms with E-state index in [0.29, 0.717) is 22.1 Å². The topological polar surface area (TPSA) is 79.0 Å². The van der Waals surface area contributed by atoms with E-state index in [1.54, 1.807) is 49.7 Å². The second-order valence-electron chi connectivity index (χ2n) is 5.86. The Labute approximate surface area is 161 Å². The minimum atomic E-state index is -0.467. The molecular weight excluding hydrogens is 364 g/mol. The first-order chi connectivity index (χ1) is 13.0. The monoisotopic (exact) mass is 380 g/mol.